The van der Waals surface area contributed by atoms with Gasteiger partial charge in [0, 0.05) is 36.9 Å². The van der Waals surface area contributed by atoms with Crippen molar-refractivity contribution in [3.8, 4) is 0 Å². The predicted octanol–water partition coefficient (Wildman–Crippen LogP) is 3.58. The lowest BCUT2D eigenvalue weighted by Gasteiger charge is -2.35. The van der Waals surface area contributed by atoms with Gasteiger partial charge in [-0.25, -0.2) is 0 Å². The molecule has 5 nitrogen and oxygen atoms in total. The monoisotopic (exact) mass is 378 g/mol. The number of piperazine rings is 1. The van der Waals surface area contributed by atoms with Crippen LogP contribution in [0.5, 0.6) is 0 Å². The van der Waals surface area contributed by atoms with Crippen molar-refractivity contribution in [3.05, 3.63) is 52.0 Å². The summed E-state index contributed by atoms with van der Waals surface area (Å²) >= 11 is 12.0. The van der Waals surface area contributed by atoms with Crippen molar-refractivity contribution in [2.75, 3.05) is 49.2 Å². The predicted molar refractivity (Wildman–Crippen MR) is 105 cm³/mol. The van der Waals surface area contributed by atoms with E-state index in [0.29, 0.717) is 27.0 Å². The number of halogens is 2. The van der Waals surface area contributed by atoms with E-state index in [1.807, 2.05) is 12.1 Å². The zero-order valence-electron chi connectivity index (χ0n) is 13.9. The maximum Gasteiger partial charge on any atom is 0.257 e. The van der Waals surface area contributed by atoms with E-state index < -0.39 is 0 Å². The van der Waals surface area contributed by atoms with Crippen LogP contribution in [0.15, 0.2) is 36.4 Å². The number of rotatable bonds is 3. The van der Waals surface area contributed by atoms with Crippen LogP contribution in [0.4, 0.5) is 17.1 Å². The van der Waals surface area contributed by atoms with Gasteiger partial charge in [-0.3, -0.25) is 4.79 Å². The van der Waals surface area contributed by atoms with Gasteiger partial charge in [-0.1, -0.05) is 23.2 Å². The molecule has 0 aromatic heterocycles. The molecule has 1 fully saturated rings. The van der Waals surface area contributed by atoms with Crippen LogP contribution in [0.25, 0.3) is 0 Å². The number of nitrogens with zero attached hydrogens (tertiary/aromatic N) is 2. The van der Waals surface area contributed by atoms with Crippen molar-refractivity contribution in [2.24, 2.45) is 0 Å². The maximum atomic E-state index is 12.6. The molecule has 1 saturated heterocycles. The van der Waals surface area contributed by atoms with E-state index in [-0.39, 0.29) is 5.91 Å². The lowest BCUT2D eigenvalue weighted by Crippen LogP contribution is -2.44. The fraction of sp³-hybridized carbons (Fsp3) is 0.278. The lowest BCUT2D eigenvalue weighted by molar-refractivity contribution is 0.102. The van der Waals surface area contributed by atoms with Crippen molar-refractivity contribution in [3.63, 3.8) is 0 Å². The minimum absolute atomic E-state index is 0.289. The number of amides is 1. The summed E-state index contributed by atoms with van der Waals surface area (Å²) in [6.45, 7) is 3.73. The molecule has 2 aromatic carbocycles. The molecule has 0 atom stereocenters. The number of carbonyl (C=O) groups excluding carboxylic acids is 1. The minimum Gasteiger partial charge on any atom is -0.399 e. The maximum absolute atomic E-state index is 12.6. The second-order valence-electron chi connectivity index (χ2n) is 6.15. The molecule has 3 N–H and O–H groups in total. The number of nitrogens with one attached hydrogen (secondary N) is 1. The third-order valence-corrected chi connectivity index (χ3v) is 4.84. The quantitative estimate of drug-likeness (QED) is 0.801. The molecular weight excluding hydrogens is 359 g/mol. The number of benzene rings is 2. The molecule has 0 aliphatic carbocycles. The highest BCUT2D eigenvalue weighted by atomic mass is 35.5. The van der Waals surface area contributed by atoms with Crippen LogP contribution in [-0.4, -0.2) is 44.0 Å². The summed E-state index contributed by atoms with van der Waals surface area (Å²) in [5.74, 6) is -0.289. The molecule has 25 heavy (non-hydrogen) atoms. The number of anilines is 3. The molecule has 0 bridgehead atoms. The van der Waals surface area contributed by atoms with Gasteiger partial charge < -0.3 is 20.9 Å². The fourth-order valence-electron chi connectivity index (χ4n) is 2.84. The van der Waals surface area contributed by atoms with Gasteiger partial charge in [0.15, 0.2) is 0 Å². The van der Waals surface area contributed by atoms with Crippen molar-refractivity contribution in [1.82, 2.24) is 4.90 Å². The SMILES string of the molecule is CN1CCN(c2ccc(N)cc2NC(=O)c2ccc(Cl)cc2Cl)CC1. The molecule has 2 aromatic rings. The molecule has 1 heterocycles. The van der Waals surface area contributed by atoms with Crippen LogP contribution in [0.2, 0.25) is 10.0 Å². The molecule has 0 spiro atoms. The van der Waals surface area contributed by atoms with E-state index in [9.17, 15) is 4.79 Å². The van der Waals surface area contributed by atoms with Gasteiger partial charge in [-0.2, -0.15) is 0 Å². The summed E-state index contributed by atoms with van der Waals surface area (Å²) in [6.07, 6.45) is 0. The Morgan fingerprint density at radius 2 is 1.80 bits per heavy atom. The fourth-order valence-corrected chi connectivity index (χ4v) is 3.33. The molecule has 7 heteroatoms. The lowest BCUT2D eigenvalue weighted by atomic mass is 10.1. The van der Waals surface area contributed by atoms with E-state index in [4.69, 9.17) is 28.9 Å². The second-order valence-corrected chi connectivity index (χ2v) is 6.99. The Bertz CT molecular complexity index is 789. The Labute approximate surface area is 157 Å². The Hall–Kier alpha value is -1.95. The van der Waals surface area contributed by atoms with E-state index in [1.54, 1.807) is 24.3 Å². The summed E-state index contributed by atoms with van der Waals surface area (Å²) in [4.78, 5) is 17.2. The number of nitrogens with two attached hydrogens (primary N) is 1. The van der Waals surface area contributed by atoms with E-state index in [1.165, 1.54) is 0 Å². The van der Waals surface area contributed by atoms with Gasteiger partial charge in [-0.15, -0.1) is 0 Å². The second kappa shape index (κ2) is 7.52. The molecule has 0 radical (unpaired) electrons. The minimum atomic E-state index is -0.289. The first-order valence-corrected chi connectivity index (χ1v) is 8.79. The first-order chi connectivity index (χ1) is 11.9. The Kier molecular flexibility index (Phi) is 5.37. The molecule has 0 saturated carbocycles. The average molecular weight is 379 g/mol. The Morgan fingerprint density at radius 3 is 2.48 bits per heavy atom. The van der Waals surface area contributed by atoms with Gasteiger partial charge in [-0.05, 0) is 43.4 Å². The van der Waals surface area contributed by atoms with Crippen molar-refractivity contribution < 1.29 is 4.79 Å². The summed E-state index contributed by atoms with van der Waals surface area (Å²) in [7, 11) is 2.10. The number of hydrogen-bond acceptors (Lipinski definition) is 4. The first kappa shape index (κ1) is 17.9. The molecule has 3 rings (SSSR count). The van der Waals surface area contributed by atoms with Crippen molar-refractivity contribution >= 4 is 46.2 Å². The normalized spacial score (nSPS) is 15.2. The first-order valence-electron chi connectivity index (χ1n) is 8.03. The van der Waals surface area contributed by atoms with Crippen LogP contribution in [0, 0.1) is 0 Å². The number of likely N-dealkylation sites (N-methyl/N-ethyl adjacent to an activating group) is 1. The smallest absolute Gasteiger partial charge is 0.257 e. The highest BCUT2D eigenvalue weighted by Gasteiger charge is 2.19. The number of nitrogen functional groups attached to an aromatic ring is 1. The van der Waals surface area contributed by atoms with Gasteiger partial charge in [0.2, 0.25) is 0 Å². The summed E-state index contributed by atoms with van der Waals surface area (Å²) in [6, 6.07) is 10.4. The van der Waals surface area contributed by atoms with Gasteiger partial charge in [0.25, 0.3) is 5.91 Å². The zero-order valence-corrected chi connectivity index (χ0v) is 15.4. The molecule has 0 unspecified atom stereocenters. The van der Waals surface area contributed by atoms with Crippen LogP contribution < -0.4 is 16.0 Å². The summed E-state index contributed by atoms with van der Waals surface area (Å²) < 4.78 is 0. The third-order valence-electron chi connectivity index (χ3n) is 4.29. The highest BCUT2D eigenvalue weighted by Crippen LogP contribution is 2.30. The Balaban J connectivity index is 1.86. The van der Waals surface area contributed by atoms with E-state index in [2.05, 4.69) is 22.2 Å². The van der Waals surface area contributed by atoms with E-state index >= 15 is 0 Å². The average Bonchev–Trinajstić information content (AvgIpc) is 2.56. The Morgan fingerprint density at radius 1 is 1.08 bits per heavy atom. The highest BCUT2D eigenvalue weighted by molar-refractivity contribution is 6.37. The van der Waals surface area contributed by atoms with Gasteiger partial charge in [0.1, 0.15) is 0 Å². The van der Waals surface area contributed by atoms with Crippen molar-refractivity contribution in [2.45, 2.75) is 0 Å². The number of carbonyl (C=O) groups is 1. The van der Waals surface area contributed by atoms with Crippen LogP contribution >= 0.6 is 23.2 Å². The van der Waals surface area contributed by atoms with Crippen LogP contribution in [-0.2, 0) is 0 Å². The summed E-state index contributed by atoms with van der Waals surface area (Å²) in [5, 5.41) is 3.74. The molecule has 132 valence electrons. The topological polar surface area (TPSA) is 61.6 Å². The van der Waals surface area contributed by atoms with Crippen LogP contribution in [0.3, 0.4) is 0 Å². The molecular formula is C18H20Cl2N4O. The summed E-state index contributed by atoms with van der Waals surface area (Å²) in [5.41, 5.74) is 8.53. The van der Waals surface area contributed by atoms with Crippen LogP contribution in [0.1, 0.15) is 10.4 Å². The largest absolute Gasteiger partial charge is 0.399 e. The molecule has 1 aliphatic heterocycles. The third kappa shape index (κ3) is 4.18. The van der Waals surface area contributed by atoms with Crippen molar-refractivity contribution in [1.29, 1.82) is 0 Å². The van der Waals surface area contributed by atoms with Gasteiger partial charge in [0.05, 0.1) is 22.0 Å². The standard InChI is InChI=1S/C18H20Cl2N4O/c1-23-6-8-24(9-7-23)17-5-3-13(21)11-16(17)22-18(25)14-4-2-12(19)10-15(14)20/h2-5,10-11H,6-9,21H2,1H3,(H,22,25). The molecule has 1 amide bonds. The van der Waals surface area contributed by atoms with Gasteiger partial charge >= 0.3 is 0 Å². The van der Waals surface area contributed by atoms with E-state index in [0.717, 1.165) is 31.9 Å². The zero-order chi connectivity index (χ0) is 18.0. The number of hydrogen-bond donors (Lipinski definition) is 2. The molecule has 1 aliphatic rings.